The van der Waals surface area contributed by atoms with Crippen molar-refractivity contribution in [2.75, 3.05) is 25.0 Å². The normalized spacial score (nSPS) is 14.9. The van der Waals surface area contributed by atoms with E-state index in [-0.39, 0.29) is 30.0 Å². The molecule has 11 nitrogen and oxygen atoms in total. The maximum absolute atomic E-state index is 14.5. The molecule has 0 bridgehead atoms. The molecular weight excluding hydrogens is 606 g/mol. The van der Waals surface area contributed by atoms with E-state index in [9.17, 15) is 19.5 Å². The van der Waals surface area contributed by atoms with E-state index in [2.05, 4.69) is 24.1 Å². The van der Waals surface area contributed by atoms with Crippen LogP contribution in [0.2, 0.25) is 0 Å². The van der Waals surface area contributed by atoms with Gasteiger partial charge in [0.1, 0.15) is 11.5 Å². The zero-order valence-electron chi connectivity index (χ0n) is 27.9. The van der Waals surface area contributed by atoms with Crippen LogP contribution in [0.15, 0.2) is 60.8 Å². The number of imidazole rings is 1. The first-order valence-corrected chi connectivity index (χ1v) is 16.9. The van der Waals surface area contributed by atoms with Crippen molar-refractivity contribution in [1.82, 2.24) is 29.1 Å². The summed E-state index contributed by atoms with van der Waals surface area (Å²) in [6, 6.07) is 14.4. The molecule has 0 spiro atoms. The molecule has 11 heteroatoms. The Hall–Kier alpha value is -5.03. The van der Waals surface area contributed by atoms with Crippen molar-refractivity contribution in [1.29, 1.82) is 0 Å². The van der Waals surface area contributed by atoms with Gasteiger partial charge in [-0.25, -0.2) is 9.67 Å². The van der Waals surface area contributed by atoms with Gasteiger partial charge in [0.05, 0.1) is 23.9 Å². The number of nitrogens with one attached hydrogen (secondary N) is 1. The predicted molar refractivity (Wildman–Crippen MR) is 184 cm³/mol. The van der Waals surface area contributed by atoms with Gasteiger partial charge in [0, 0.05) is 49.8 Å². The molecule has 2 aromatic carbocycles. The quantitative estimate of drug-likeness (QED) is 0.216. The van der Waals surface area contributed by atoms with E-state index in [0.717, 1.165) is 42.6 Å². The van der Waals surface area contributed by atoms with Crippen LogP contribution >= 0.6 is 0 Å². The van der Waals surface area contributed by atoms with Gasteiger partial charge in [-0.1, -0.05) is 57.0 Å². The second-order valence-electron chi connectivity index (χ2n) is 12.5. The number of aliphatic hydroxyl groups is 1. The summed E-state index contributed by atoms with van der Waals surface area (Å²) in [4.78, 5) is 49.4. The van der Waals surface area contributed by atoms with Crippen LogP contribution in [0.1, 0.15) is 93.5 Å². The largest absolute Gasteiger partial charge is 0.394 e. The van der Waals surface area contributed by atoms with Crippen molar-refractivity contribution < 1.29 is 19.5 Å². The summed E-state index contributed by atoms with van der Waals surface area (Å²) < 4.78 is 3.45. The Balaban J connectivity index is 1.37. The first-order chi connectivity index (χ1) is 23.3. The van der Waals surface area contributed by atoms with Crippen LogP contribution in [0.25, 0.3) is 11.9 Å². The van der Waals surface area contributed by atoms with Gasteiger partial charge in [-0.2, -0.15) is 5.10 Å². The molecule has 4 heterocycles. The Morgan fingerprint density at radius 3 is 2.46 bits per heavy atom. The van der Waals surface area contributed by atoms with Crippen molar-refractivity contribution in [3.63, 3.8) is 0 Å². The van der Waals surface area contributed by atoms with Crippen molar-refractivity contribution in [2.45, 2.75) is 71.9 Å². The molecule has 2 N–H and O–H groups in total. The summed E-state index contributed by atoms with van der Waals surface area (Å²) in [6.07, 6.45) is 10.5. The SMILES string of the molecule is CCCCN(CCCC)C(=O)c1cc(C)n(-c2ccc(NC(=O)c3cn4c(n3)CC=C4)cc2C(=O)N2Cc3ccccc3C[C@H]2CO)n1. The third-order valence-corrected chi connectivity index (χ3v) is 9.10. The molecule has 0 saturated heterocycles. The lowest BCUT2D eigenvalue weighted by molar-refractivity contribution is 0.0544. The highest BCUT2D eigenvalue weighted by Crippen LogP contribution is 2.29. The molecule has 250 valence electrons. The number of aryl methyl sites for hydroxylation is 1. The molecule has 0 fully saturated rings. The second-order valence-corrected chi connectivity index (χ2v) is 12.5. The number of aliphatic hydroxyl groups excluding tert-OH is 1. The fourth-order valence-corrected chi connectivity index (χ4v) is 6.40. The number of carbonyl (C=O) groups excluding carboxylic acids is 3. The molecule has 2 aromatic heterocycles. The van der Waals surface area contributed by atoms with Crippen LogP contribution in [0, 0.1) is 6.92 Å². The number of aromatic nitrogens is 4. The fourth-order valence-electron chi connectivity index (χ4n) is 6.40. The zero-order valence-corrected chi connectivity index (χ0v) is 27.9. The van der Waals surface area contributed by atoms with E-state index in [1.54, 1.807) is 40.0 Å². The number of benzene rings is 2. The summed E-state index contributed by atoms with van der Waals surface area (Å²) in [5, 5.41) is 18.0. The first-order valence-electron chi connectivity index (χ1n) is 16.9. The van der Waals surface area contributed by atoms with Crippen LogP contribution in [0.3, 0.4) is 0 Å². The Morgan fingerprint density at radius 2 is 1.75 bits per heavy atom. The topological polar surface area (TPSA) is 126 Å². The van der Waals surface area contributed by atoms with Gasteiger partial charge < -0.3 is 24.8 Å². The van der Waals surface area contributed by atoms with Crippen LogP contribution in [-0.2, 0) is 19.4 Å². The summed E-state index contributed by atoms with van der Waals surface area (Å²) in [5.74, 6) is -0.0467. The van der Waals surface area contributed by atoms with Crippen molar-refractivity contribution >= 4 is 29.6 Å². The minimum Gasteiger partial charge on any atom is -0.394 e. The van der Waals surface area contributed by atoms with Gasteiger partial charge in [0.2, 0.25) is 0 Å². The Labute approximate surface area is 280 Å². The van der Waals surface area contributed by atoms with E-state index < -0.39 is 6.04 Å². The molecule has 0 saturated carbocycles. The smallest absolute Gasteiger partial charge is 0.275 e. The van der Waals surface area contributed by atoms with Gasteiger partial charge in [-0.3, -0.25) is 14.4 Å². The number of unbranched alkanes of at least 4 members (excludes halogenated alkanes) is 2. The second kappa shape index (κ2) is 14.4. The average Bonchev–Trinajstić information content (AvgIpc) is 3.83. The summed E-state index contributed by atoms with van der Waals surface area (Å²) in [7, 11) is 0. The molecule has 48 heavy (non-hydrogen) atoms. The molecule has 1 atom stereocenters. The third kappa shape index (κ3) is 6.68. The number of carbonyl (C=O) groups is 3. The fraction of sp³-hybridized carbons (Fsp3) is 0.378. The predicted octanol–water partition coefficient (Wildman–Crippen LogP) is 5.26. The molecule has 0 aliphatic carbocycles. The lowest BCUT2D eigenvalue weighted by Crippen LogP contribution is -2.46. The van der Waals surface area contributed by atoms with Gasteiger partial charge in [-0.05, 0) is 61.6 Å². The number of amides is 3. The number of hydrogen-bond donors (Lipinski definition) is 2. The highest BCUT2D eigenvalue weighted by atomic mass is 16.3. The number of hydrogen-bond acceptors (Lipinski definition) is 6. The minimum absolute atomic E-state index is 0.134. The van der Waals surface area contributed by atoms with Gasteiger partial charge in [-0.15, -0.1) is 0 Å². The van der Waals surface area contributed by atoms with E-state index in [1.807, 2.05) is 52.9 Å². The maximum Gasteiger partial charge on any atom is 0.275 e. The molecule has 0 unspecified atom stereocenters. The van der Waals surface area contributed by atoms with Crippen LogP contribution < -0.4 is 5.32 Å². The Bertz CT molecular complexity index is 1850. The zero-order chi connectivity index (χ0) is 33.8. The molecule has 6 rings (SSSR count). The molecule has 0 radical (unpaired) electrons. The van der Waals surface area contributed by atoms with Gasteiger partial charge in [0.25, 0.3) is 17.7 Å². The van der Waals surface area contributed by atoms with Crippen molar-refractivity contribution in [3.8, 4) is 5.69 Å². The van der Waals surface area contributed by atoms with Gasteiger partial charge >= 0.3 is 0 Å². The van der Waals surface area contributed by atoms with E-state index >= 15 is 0 Å². The van der Waals surface area contributed by atoms with Crippen molar-refractivity contribution in [2.24, 2.45) is 0 Å². The lowest BCUT2D eigenvalue weighted by Gasteiger charge is -2.36. The summed E-state index contributed by atoms with van der Waals surface area (Å²) in [6.45, 7) is 7.52. The Morgan fingerprint density at radius 1 is 1.00 bits per heavy atom. The van der Waals surface area contributed by atoms with E-state index in [0.29, 0.717) is 60.8 Å². The number of rotatable bonds is 12. The number of nitrogens with zero attached hydrogens (tertiary/aromatic N) is 6. The number of fused-ring (bicyclic) bond motifs is 2. The highest BCUT2D eigenvalue weighted by Gasteiger charge is 2.32. The standard InChI is InChI=1S/C37H43N7O4/c1-4-6-16-41(17-7-5-2)37(48)31-19-25(3)44(40-31)33-15-14-28(38-35(46)32-23-42-18-10-13-34(42)39-32)21-30(33)36(47)43-22-27-12-9-8-11-26(27)20-29(43)24-45/h8-12,14-15,18-19,21,23,29,45H,4-7,13,16-17,20,22,24H2,1-3H3,(H,38,46)/t29-/m0/s1. The van der Waals surface area contributed by atoms with Crippen LogP contribution in [0.5, 0.6) is 0 Å². The molecule has 2 aliphatic rings. The molecule has 2 aliphatic heterocycles. The van der Waals surface area contributed by atoms with Crippen molar-refractivity contribution in [3.05, 3.63) is 100 Å². The van der Waals surface area contributed by atoms with E-state index in [1.165, 1.54) is 0 Å². The average molecular weight is 650 g/mol. The number of anilines is 1. The first kappa shape index (κ1) is 32.9. The van der Waals surface area contributed by atoms with E-state index in [4.69, 9.17) is 5.10 Å². The molecule has 3 amide bonds. The molecule has 4 aromatic rings. The monoisotopic (exact) mass is 649 g/mol. The molecular formula is C37H43N7O4. The summed E-state index contributed by atoms with van der Waals surface area (Å²) >= 11 is 0. The van der Waals surface area contributed by atoms with Crippen LogP contribution in [-0.4, -0.2) is 77.7 Å². The number of allylic oxidation sites excluding steroid dienone is 1. The lowest BCUT2D eigenvalue weighted by atomic mass is 9.93. The third-order valence-electron chi connectivity index (χ3n) is 9.10. The highest BCUT2D eigenvalue weighted by molar-refractivity contribution is 6.05. The minimum atomic E-state index is -0.430. The summed E-state index contributed by atoms with van der Waals surface area (Å²) in [5.41, 5.74) is 4.60. The van der Waals surface area contributed by atoms with Gasteiger partial charge in [0.15, 0.2) is 5.69 Å². The van der Waals surface area contributed by atoms with Crippen LogP contribution in [0.4, 0.5) is 5.69 Å². The Kier molecular flexibility index (Phi) is 9.86. The maximum atomic E-state index is 14.5.